The summed E-state index contributed by atoms with van der Waals surface area (Å²) in [5, 5.41) is 16.5. The molecule has 0 radical (unpaired) electrons. The van der Waals surface area contributed by atoms with Gasteiger partial charge in [-0.1, -0.05) is 23.4 Å². The molecule has 0 bridgehead atoms. The molecule has 0 aliphatic heterocycles. The minimum Gasteiger partial charge on any atom is -0.409 e. The molecule has 1 aromatic heterocycles. The first-order valence-corrected chi connectivity index (χ1v) is 6.44. The molecular weight excluding hydrogens is 254 g/mol. The lowest BCUT2D eigenvalue weighted by Crippen LogP contribution is -2.24. The number of nitrogens with zero attached hydrogens (tertiary/aromatic N) is 4. The standard InChI is InChI=1S/C14H19N5O/c1-4-19(11-8-6-5-7-9-11)14-12(13(15)17-20)10(2)16-18(14)3/h5-9,20H,4H2,1-3H3,(H2,15,17). The van der Waals surface area contributed by atoms with Gasteiger partial charge in [0, 0.05) is 19.3 Å². The number of oxime groups is 1. The second-order valence-electron chi connectivity index (χ2n) is 4.47. The molecule has 0 unspecified atom stereocenters. The SMILES string of the molecule is CCN(c1ccccc1)c1c(C(N)=NO)c(C)nn1C. The van der Waals surface area contributed by atoms with E-state index < -0.39 is 0 Å². The van der Waals surface area contributed by atoms with Crippen LogP contribution < -0.4 is 10.6 Å². The van der Waals surface area contributed by atoms with Crippen molar-refractivity contribution in [1.82, 2.24) is 9.78 Å². The van der Waals surface area contributed by atoms with Crippen LogP contribution in [0.2, 0.25) is 0 Å². The zero-order valence-electron chi connectivity index (χ0n) is 11.9. The summed E-state index contributed by atoms with van der Waals surface area (Å²) in [5.41, 5.74) is 8.21. The molecule has 0 amide bonds. The van der Waals surface area contributed by atoms with Gasteiger partial charge in [-0.05, 0) is 26.0 Å². The molecule has 106 valence electrons. The molecule has 0 aliphatic carbocycles. The Morgan fingerprint density at radius 2 is 2.05 bits per heavy atom. The summed E-state index contributed by atoms with van der Waals surface area (Å²) in [5.74, 6) is 0.881. The van der Waals surface area contributed by atoms with Gasteiger partial charge in [-0.25, -0.2) is 0 Å². The van der Waals surface area contributed by atoms with Crippen LogP contribution >= 0.6 is 0 Å². The first-order chi connectivity index (χ1) is 9.60. The smallest absolute Gasteiger partial charge is 0.175 e. The highest BCUT2D eigenvalue weighted by Gasteiger charge is 2.22. The third-order valence-electron chi connectivity index (χ3n) is 3.20. The fourth-order valence-corrected chi connectivity index (χ4v) is 2.37. The van der Waals surface area contributed by atoms with Crippen molar-refractivity contribution < 1.29 is 5.21 Å². The van der Waals surface area contributed by atoms with E-state index >= 15 is 0 Å². The Balaban J connectivity index is 2.61. The van der Waals surface area contributed by atoms with Gasteiger partial charge in [0.15, 0.2) is 5.84 Å². The zero-order valence-corrected chi connectivity index (χ0v) is 11.9. The predicted octanol–water partition coefficient (Wildman–Crippen LogP) is 1.98. The van der Waals surface area contributed by atoms with Crippen molar-refractivity contribution >= 4 is 17.3 Å². The minimum absolute atomic E-state index is 0.0694. The van der Waals surface area contributed by atoms with Crippen molar-refractivity contribution in [2.45, 2.75) is 13.8 Å². The number of hydrogen-bond acceptors (Lipinski definition) is 4. The molecule has 0 fully saturated rings. The Bertz CT molecular complexity index is 618. The van der Waals surface area contributed by atoms with Crippen molar-refractivity contribution in [3.05, 3.63) is 41.6 Å². The van der Waals surface area contributed by atoms with Gasteiger partial charge in [0.25, 0.3) is 0 Å². The Kier molecular flexibility index (Phi) is 3.93. The molecular formula is C14H19N5O. The van der Waals surface area contributed by atoms with E-state index in [4.69, 9.17) is 10.9 Å². The maximum absolute atomic E-state index is 8.98. The van der Waals surface area contributed by atoms with E-state index in [9.17, 15) is 0 Å². The van der Waals surface area contributed by atoms with Crippen molar-refractivity contribution in [2.75, 3.05) is 11.4 Å². The zero-order chi connectivity index (χ0) is 14.7. The van der Waals surface area contributed by atoms with Crippen LogP contribution in [0.3, 0.4) is 0 Å². The number of amidine groups is 1. The number of benzene rings is 1. The number of aryl methyl sites for hydroxylation is 2. The van der Waals surface area contributed by atoms with Gasteiger partial charge < -0.3 is 15.8 Å². The van der Waals surface area contributed by atoms with E-state index in [0.717, 1.165) is 23.7 Å². The van der Waals surface area contributed by atoms with Gasteiger partial charge in [-0.15, -0.1) is 0 Å². The van der Waals surface area contributed by atoms with Gasteiger partial charge in [0.05, 0.1) is 11.3 Å². The molecule has 1 heterocycles. The highest BCUT2D eigenvalue weighted by molar-refractivity contribution is 6.03. The average molecular weight is 273 g/mol. The molecule has 2 rings (SSSR count). The Morgan fingerprint density at radius 1 is 1.40 bits per heavy atom. The van der Waals surface area contributed by atoms with Crippen LogP contribution in [-0.4, -0.2) is 27.4 Å². The number of hydrogen-bond donors (Lipinski definition) is 2. The molecule has 0 saturated heterocycles. The third kappa shape index (κ3) is 2.32. The van der Waals surface area contributed by atoms with E-state index in [2.05, 4.69) is 15.2 Å². The number of para-hydroxylation sites is 1. The first-order valence-electron chi connectivity index (χ1n) is 6.44. The van der Waals surface area contributed by atoms with E-state index in [1.54, 1.807) is 4.68 Å². The van der Waals surface area contributed by atoms with Crippen molar-refractivity contribution in [1.29, 1.82) is 0 Å². The average Bonchev–Trinajstić information content (AvgIpc) is 2.75. The Labute approximate surface area is 118 Å². The third-order valence-corrected chi connectivity index (χ3v) is 3.20. The Hall–Kier alpha value is -2.50. The fourth-order valence-electron chi connectivity index (χ4n) is 2.37. The van der Waals surface area contributed by atoms with Gasteiger partial charge in [-0.2, -0.15) is 5.10 Å². The number of anilines is 2. The predicted molar refractivity (Wildman–Crippen MR) is 79.6 cm³/mol. The van der Waals surface area contributed by atoms with E-state index in [1.807, 2.05) is 51.2 Å². The van der Waals surface area contributed by atoms with Crippen molar-refractivity contribution in [3.8, 4) is 0 Å². The highest BCUT2D eigenvalue weighted by Crippen LogP contribution is 2.29. The molecule has 3 N–H and O–H groups in total. The van der Waals surface area contributed by atoms with Crippen LogP contribution in [0.5, 0.6) is 0 Å². The van der Waals surface area contributed by atoms with Gasteiger partial charge in [-0.3, -0.25) is 4.68 Å². The summed E-state index contributed by atoms with van der Waals surface area (Å²) in [6, 6.07) is 9.95. The van der Waals surface area contributed by atoms with Gasteiger partial charge in [0.2, 0.25) is 0 Å². The number of aromatic nitrogens is 2. The van der Waals surface area contributed by atoms with E-state index in [0.29, 0.717) is 5.56 Å². The summed E-state index contributed by atoms with van der Waals surface area (Å²) in [4.78, 5) is 2.08. The van der Waals surface area contributed by atoms with Crippen LogP contribution in [0.25, 0.3) is 0 Å². The summed E-state index contributed by atoms with van der Waals surface area (Å²) < 4.78 is 1.75. The molecule has 20 heavy (non-hydrogen) atoms. The second-order valence-corrected chi connectivity index (χ2v) is 4.47. The molecule has 0 aliphatic rings. The second kappa shape index (κ2) is 5.64. The molecule has 0 spiro atoms. The summed E-state index contributed by atoms with van der Waals surface area (Å²) in [6.45, 7) is 4.63. The molecule has 1 aromatic carbocycles. The molecule has 2 aromatic rings. The van der Waals surface area contributed by atoms with Crippen LogP contribution in [0.4, 0.5) is 11.5 Å². The largest absolute Gasteiger partial charge is 0.409 e. The van der Waals surface area contributed by atoms with Gasteiger partial charge >= 0.3 is 0 Å². The van der Waals surface area contributed by atoms with Crippen molar-refractivity contribution in [2.24, 2.45) is 17.9 Å². The summed E-state index contributed by atoms with van der Waals surface area (Å²) in [7, 11) is 1.85. The maximum atomic E-state index is 8.98. The normalized spacial score (nSPS) is 11.7. The summed E-state index contributed by atoms with van der Waals surface area (Å²) in [6.07, 6.45) is 0. The molecule has 0 saturated carbocycles. The lowest BCUT2D eigenvalue weighted by molar-refractivity contribution is 0.318. The monoisotopic (exact) mass is 273 g/mol. The highest BCUT2D eigenvalue weighted by atomic mass is 16.4. The number of nitrogens with two attached hydrogens (primary N) is 1. The lowest BCUT2D eigenvalue weighted by atomic mass is 10.2. The molecule has 6 heteroatoms. The van der Waals surface area contributed by atoms with Crippen LogP contribution in [0.15, 0.2) is 35.5 Å². The van der Waals surface area contributed by atoms with Gasteiger partial charge in [0.1, 0.15) is 5.82 Å². The van der Waals surface area contributed by atoms with E-state index in [1.165, 1.54) is 0 Å². The molecule has 6 nitrogen and oxygen atoms in total. The van der Waals surface area contributed by atoms with E-state index in [-0.39, 0.29) is 5.84 Å². The fraction of sp³-hybridized carbons (Fsp3) is 0.286. The first kappa shape index (κ1) is 13.9. The van der Waals surface area contributed by atoms with Crippen molar-refractivity contribution in [3.63, 3.8) is 0 Å². The van der Waals surface area contributed by atoms with Crippen LogP contribution in [0, 0.1) is 6.92 Å². The Morgan fingerprint density at radius 3 is 2.60 bits per heavy atom. The quantitative estimate of drug-likeness (QED) is 0.386. The maximum Gasteiger partial charge on any atom is 0.175 e. The topological polar surface area (TPSA) is 79.7 Å². The van der Waals surface area contributed by atoms with Crippen LogP contribution in [0.1, 0.15) is 18.2 Å². The minimum atomic E-state index is 0.0694. The molecule has 0 atom stereocenters. The number of rotatable bonds is 4. The lowest BCUT2D eigenvalue weighted by Gasteiger charge is -2.24. The van der Waals surface area contributed by atoms with Crippen LogP contribution in [-0.2, 0) is 7.05 Å². The summed E-state index contributed by atoms with van der Waals surface area (Å²) >= 11 is 0.